The van der Waals surface area contributed by atoms with Crippen molar-refractivity contribution in [1.29, 1.82) is 0 Å². The molecule has 1 atom stereocenters. The monoisotopic (exact) mass is 246 g/mol. The standard InChI is InChI=1S/C13H15FN4/c1-18-6-2-3-11(18)12-9-5-4-8(14)7-10(9)16-13(15)17-12/h4-5,7,11H,2-3,6H2,1H3,(H2,15,16,17). The fraction of sp³-hybridized carbons (Fsp3) is 0.385. The fourth-order valence-corrected chi connectivity index (χ4v) is 2.66. The number of hydrogen-bond acceptors (Lipinski definition) is 4. The van der Waals surface area contributed by atoms with Crippen molar-refractivity contribution in [3.8, 4) is 0 Å². The van der Waals surface area contributed by atoms with E-state index in [2.05, 4.69) is 21.9 Å². The highest BCUT2D eigenvalue weighted by molar-refractivity contribution is 5.82. The molecule has 0 saturated carbocycles. The first-order chi connectivity index (χ1) is 8.65. The zero-order valence-electron chi connectivity index (χ0n) is 10.2. The largest absolute Gasteiger partial charge is 0.368 e. The summed E-state index contributed by atoms with van der Waals surface area (Å²) in [6.45, 7) is 1.05. The number of likely N-dealkylation sites (tertiary alicyclic amines) is 1. The third-order valence-corrected chi connectivity index (χ3v) is 3.54. The molecule has 0 radical (unpaired) electrons. The first-order valence-corrected chi connectivity index (χ1v) is 6.08. The molecule has 1 aliphatic rings. The van der Waals surface area contributed by atoms with Crippen molar-refractivity contribution in [2.45, 2.75) is 18.9 Å². The average molecular weight is 246 g/mol. The van der Waals surface area contributed by atoms with Crippen LogP contribution in [0.1, 0.15) is 24.6 Å². The van der Waals surface area contributed by atoms with Gasteiger partial charge in [-0.1, -0.05) is 0 Å². The molecule has 1 saturated heterocycles. The summed E-state index contributed by atoms with van der Waals surface area (Å²) in [4.78, 5) is 10.7. The molecule has 2 heterocycles. The van der Waals surface area contributed by atoms with Gasteiger partial charge in [0, 0.05) is 11.5 Å². The van der Waals surface area contributed by atoms with Crippen molar-refractivity contribution >= 4 is 16.9 Å². The van der Waals surface area contributed by atoms with Gasteiger partial charge in [-0.05, 0) is 38.6 Å². The van der Waals surface area contributed by atoms with Gasteiger partial charge >= 0.3 is 0 Å². The van der Waals surface area contributed by atoms with Gasteiger partial charge in [-0.25, -0.2) is 14.4 Å². The van der Waals surface area contributed by atoms with E-state index >= 15 is 0 Å². The van der Waals surface area contributed by atoms with Crippen LogP contribution >= 0.6 is 0 Å². The second kappa shape index (κ2) is 4.17. The molecule has 1 fully saturated rings. The molecule has 1 aliphatic heterocycles. The van der Waals surface area contributed by atoms with E-state index in [-0.39, 0.29) is 17.8 Å². The number of nitrogens with zero attached hydrogens (tertiary/aromatic N) is 3. The highest BCUT2D eigenvalue weighted by Gasteiger charge is 2.26. The van der Waals surface area contributed by atoms with Crippen LogP contribution in [0.5, 0.6) is 0 Å². The lowest BCUT2D eigenvalue weighted by molar-refractivity contribution is 0.314. The van der Waals surface area contributed by atoms with E-state index in [9.17, 15) is 4.39 Å². The molecule has 1 aromatic heterocycles. The van der Waals surface area contributed by atoms with E-state index in [0.717, 1.165) is 30.5 Å². The van der Waals surface area contributed by atoms with Crippen LogP contribution in [0, 0.1) is 5.82 Å². The number of benzene rings is 1. The zero-order chi connectivity index (χ0) is 12.7. The molecule has 4 nitrogen and oxygen atoms in total. The summed E-state index contributed by atoms with van der Waals surface area (Å²) in [5, 5.41) is 0.893. The van der Waals surface area contributed by atoms with Crippen LogP contribution in [-0.4, -0.2) is 28.5 Å². The molecule has 2 N–H and O–H groups in total. The van der Waals surface area contributed by atoms with E-state index < -0.39 is 0 Å². The summed E-state index contributed by atoms with van der Waals surface area (Å²) in [5.41, 5.74) is 7.22. The summed E-state index contributed by atoms with van der Waals surface area (Å²) < 4.78 is 13.2. The SMILES string of the molecule is CN1CCCC1c1nc(N)nc2cc(F)ccc12. The molecule has 5 heteroatoms. The lowest BCUT2D eigenvalue weighted by atomic mass is 10.1. The molecule has 1 unspecified atom stereocenters. The number of rotatable bonds is 1. The van der Waals surface area contributed by atoms with Crippen LogP contribution in [-0.2, 0) is 0 Å². The third kappa shape index (κ3) is 1.80. The quantitative estimate of drug-likeness (QED) is 0.837. The average Bonchev–Trinajstić information content (AvgIpc) is 2.73. The van der Waals surface area contributed by atoms with Crippen molar-refractivity contribution in [2.24, 2.45) is 0 Å². The Morgan fingerprint density at radius 3 is 2.94 bits per heavy atom. The van der Waals surface area contributed by atoms with Gasteiger partial charge in [0.1, 0.15) is 5.82 Å². The van der Waals surface area contributed by atoms with Crippen LogP contribution < -0.4 is 5.73 Å². The number of nitrogens with two attached hydrogens (primary N) is 1. The third-order valence-electron chi connectivity index (χ3n) is 3.54. The number of nitrogen functional groups attached to an aromatic ring is 1. The number of hydrogen-bond donors (Lipinski definition) is 1. The van der Waals surface area contributed by atoms with Crippen LogP contribution in [0.25, 0.3) is 10.9 Å². The van der Waals surface area contributed by atoms with E-state index in [1.165, 1.54) is 12.1 Å². The first-order valence-electron chi connectivity index (χ1n) is 6.08. The Balaban J connectivity index is 2.21. The molecule has 2 aromatic rings. The number of aromatic nitrogens is 2. The Hall–Kier alpha value is -1.75. The number of halogens is 1. The summed E-state index contributed by atoms with van der Waals surface area (Å²) in [5.74, 6) is -0.0882. The minimum absolute atomic E-state index is 0.211. The van der Waals surface area contributed by atoms with Gasteiger partial charge in [0.15, 0.2) is 0 Å². The van der Waals surface area contributed by atoms with Crippen LogP contribution in [0.15, 0.2) is 18.2 Å². The van der Waals surface area contributed by atoms with Gasteiger partial charge in [0.25, 0.3) is 0 Å². The predicted octanol–water partition coefficient (Wildman–Crippen LogP) is 2.12. The minimum atomic E-state index is -0.300. The molecule has 3 rings (SSSR count). The maximum atomic E-state index is 13.2. The molecule has 0 bridgehead atoms. The van der Waals surface area contributed by atoms with Crippen molar-refractivity contribution in [2.75, 3.05) is 19.3 Å². The molecular formula is C13H15FN4. The van der Waals surface area contributed by atoms with Crippen molar-refractivity contribution < 1.29 is 4.39 Å². The molecule has 94 valence electrons. The Kier molecular flexibility index (Phi) is 2.63. The lowest BCUT2D eigenvalue weighted by Crippen LogP contribution is -2.19. The summed E-state index contributed by atoms with van der Waals surface area (Å²) >= 11 is 0. The lowest BCUT2D eigenvalue weighted by Gasteiger charge is -2.20. The molecule has 0 amide bonds. The minimum Gasteiger partial charge on any atom is -0.368 e. The normalized spacial score (nSPS) is 20.7. The molecule has 18 heavy (non-hydrogen) atoms. The highest BCUT2D eigenvalue weighted by Crippen LogP contribution is 2.33. The topological polar surface area (TPSA) is 55.0 Å². The van der Waals surface area contributed by atoms with Crippen LogP contribution in [0.3, 0.4) is 0 Å². The zero-order valence-corrected chi connectivity index (χ0v) is 10.2. The summed E-state index contributed by atoms with van der Waals surface area (Å²) in [6, 6.07) is 4.85. The number of anilines is 1. The van der Waals surface area contributed by atoms with E-state index in [4.69, 9.17) is 5.73 Å². The molecular weight excluding hydrogens is 231 g/mol. The summed E-state index contributed by atoms with van der Waals surface area (Å²) in [7, 11) is 2.07. The Morgan fingerprint density at radius 1 is 1.39 bits per heavy atom. The maximum Gasteiger partial charge on any atom is 0.220 e. The predicted molar refractivity (Wildman–Crippen MR) is 68.5 cm³/mol. The van der Waals surface area contributed by atoms with E-state index in [0.29, 0.717) is 5.52 Å². The van der Waals surface area contributed by atoms with Gasteiger partial charge in [-0.3, -0.25) is 4.90 Å². The smallest absolute Gasteiger partial charge is 0.220 e. The Labute approximate surface area is 105 Å². The van der Waals surface area contributed by atoms with Gasteiger partial charge in [0.05, 0.1) is 17.3 Å². The highest BCUT2D eigenvalue weighted by atomic mass is 19.1. The van der Waals surface area contributed by atoms with Crippen LogP contribution in [0.4, 0.5) is 10.3 Å². The molecule has 0 spiro atoms. The van der Waals surface area contributed by atoms with Crippen LogP contribution in [0.2, 0.25) is 0 Å². The van der Waals surface area contributed by atoms with Crippen molar-refractivity contribution in [3.63, 3.8) is 0 Å². The van der Waals surface area contributed by atoms with Crippen molar-refractivity contribution in [1.82, 2.24) is 14.9 Å². The fourth-order valence-electron chi connectivity index (χ4n) is 2.66. The van der Waals surface area contributed by atoms with E-state index in [1.807, 2.05) is 0 Å². The second-order valence-corrected chi connectivity index (χ2v) is 4.77. The number of fused-ring (bicyclic) bond motifs is 1. The molecule has 0 aliphatic carbocycles. The Bertz CT molecular complexity index is 594. The van der Waals surface area contributed by atoms with Gasteiger partial charge in [-0.2, -0.15) is 0 Å². The first kappa shape index (κ1) is 11.3. The second-order valence-electron chi connectivity index (χ2n) is 4.77. The molecule has 1 aromatic carbocycles. The van der Waals surface area contributed by atoms with E-state index in [1.54, 1.807) is 6.07 Å². The van der Waals surface area contributed by atoms with Gasteiger partial charge in [-0.15, -0.1) is 0 Å². The van der Waals surface area contributed by atoms with Crippen molar-refractivity contribution in [3.05, 3.63) is 29.7 Å². The van der Waals surface area contributed by atoms with Gasteiger partial charge < -0.3 is 5.73 Å². The summed E-state index contributed by atoms with van der Waals surface area (Å²) in [6.07, 6.45) is 2.20. The maximum absolute atomic E-state index is 13.2. The van der Waals surface area contributed by atoms with Gasteiger partial charge in [0.2, 0.25) is 5.95 Å². The Morgan fingerprint density at radius 2 is 2.22 bits per heavy atom.